The van der Waals surface area contributed by atoms with Crippen molar-refractivity contribution < 1.29 is 24.1 Å². The molecule has 6 nitrogen and oxygen atoms in total. The third kappa shape index (κ3) is 4.95. The molecule has 1 heterocycles. The number of hydrogen-bond acceptors (Lipinski definition) is 6. The summed E-state index contributed by atoms with van der Waals surface area (Å²) in [5, 5.41) is 10.4. The summed E-state index contributed by atoms with van der Waals surface area (Å²) in [6.07, 6.45) is 0.488. The van der Waals surface area contributed by atoms with Crippen LogP contribution in [0.5, 0.6) is 17.2 Å². The normalized spacial score (nSPS) is 15.0. The van der Waals surface area contributed by atoms with Crippen LogP contribution in [0, 0.1) is 0 Å². The lowest BCUT2D eigenvalue weighted by molar-refractivity contribution is 0.00766. The number of methoxy groups -OCH3 is 3. The molecular weight excluding hydrogens is 358 g/mol. The molecule has 1 aliphatic rings. The van der Waals surface area contributed by atoms with Crippen LogP contribution in [0.3, 0.4) is 0 Å². The van der Waals surface area contributed by atoms with Gasteiger partial charge in [-0.1, -0.05) is 24.3 Å². The number of aliphatic hydroxyl groups excluding tert-OH is 1. The summed E-state index contributed by atoms with van der Waals surface area (Å²) in [6, 6.07) is 12.2. The summed E-state index contributed by atoms with van der Waals surface area (Å²) in [7, 11) is 4.75. The first-order valence-corrected chi connectivity index (χ1v) is 9.48. The van der Waals surface area contributed by atoms with Crippen molar-refractivity contribution in [3.05, 3.63) is 53.1 Å². The molecule has 2 aromatic carbocycles. The second kappa shape index (κ2) is 9.78. The molecule has 0 saturated heterocycles. The fourth-order valence-electron chi connectivity index (χ4n) is 3.59. The molecule has 0 aliphatic carbocycles. The number of nitrogens with zero attached hydrogens (tertiary/aromatic N) is 1. The molecule has 3 rings (SSSR count). The highest BCUT2D eigenvalue weighted by atomic mass is 16.5. The maximum absolute atomic E-state index is 10.4. The highest BCUT2D eigenvalue weighted by Crippen LogP contribution is 2.38. The molecule has 0 unspecified atom stereocenters. The van der Waals surface area contributed by atoms with Gasteiger partial charge < -0.3 is 24.1 Å². The molecule has 2 aromatic rings. The van der Waals surface area contributed by atoms with Crippen molar-refractivity contribution in [1.82, 2.24) is 4.90 Å². The Morgan fingerprint density at radius 2 is 1.68 bits per heavy atom. The minimum atomic E-state index is -0.535. The molecule has 0 radical (unpaired) electrons. The van der Waals surface area contributed by atoms with Crippen molar-refractivity contribution in [3.63, 3.8) is 0 Å². The van der Waals surface area contributed by atoms with Gasteiger partial charge in [0.25, 0.3) is 0 Å². The topological polar surface area (TPSA) is 60.4 Å². The molecule has 0 bridgehead atoms. The Bertz CT molecular complexity index is 754. The zero-order valence-electron chi connectivity index (χ0n) is 16.8. The van der Waals surface area contributed by atoms with E-state index < -0.39 is 6.10 Å². The smallest absolute Gasteiger partial charge is 0.203 e. The first kappa shape index (κ1) is 20.5. The molecule has 28 heavy (non-hydrogen) atoms. The summed E-state index contributed by atoms with van der Waals surface area (Å²) in [6.45, 7) is 3.07. The van der Waals surface area contributed by atoms with E-state index in [1.807, 2.05) is 12.1 Å². The van der Waals surface area contributed by atoms with Gasteiger partial charge in [-0.15, -0.1) is 0 Å². The average molecular weight is 387 g/mol. The Morgan fingerprint density at radius 1 is 1.00 bits per heavy atom. The molecular formula is C22H29NO5. The van der Waals surface area contributed by atoms with Gasteiger partial charge >= 0.3 is 0 Å². The van der Waals surface area contributed by atoms with Gasteiger partial charge in [-0.2, -0.15) is 0 Å². The van der Waals surface area contributed by atoms with Crippen LogP contribution in [0.2, 0.25) is 0 Å². The number of rotatable bonds is 9. The monoisotopic (exact) mass is 387 g/mol. The van der Waals surface area contributed by atoms with Crippen LogP contribution in [0.25, 0.3) is 0 Å². The minimum absolute atomic E-state index is 0.273. The van der Waals surface area contributed by atoms with E-state index in [-0.39, 0.29) is 6.61 Å². The van der Waals surface area contributed by atoms with E-state index in [9.17, 15) is 5.11 Å². The highest BCUT2D eigenvalue weighted by molar-refractivity contribution is 5.53. The van der Waals surface area contributed by atoms with Gasteiger partial charge in [-0.05, 0) is 35.2 Å². The Kier molecular flexibility index (Phi) is 7.14. The standard InChI is InChI=1S/C22H29NO5/c1-25-20-10-16(11-21(26-2)22(20)27-3)14-28-15-19(24)13-23-9-8-17-6-4-5-7-18(17)12-23/h4-7,10-11,19,24H,8-9,12-15H2,1-3H3/t19-/m0/s1. The zero-order chi connectivity index (χ0) is 19.9. The van der Waals surface area contributed by atoms with Crippen molar-refractivity contribution in [2.24, 2.45) is 0 Å². The maximum Gasteiger partial charge on any atom is 0.203 e. The van der Waals surface area contributed by atoms with Gasteiger partial charge in [0, 0.05) is 19.6 Å². The summed E-state index contributed by atoms with van der Waals surface area (Å²) < 4.78 is 21.8. The van der Waals surface area contributed by atoms with E-state index in [1.165, 1.54) is 11.1 Å². The molecule has 0 fully saturated rings. The van der Waals surface area contributed by atoms with Gasteiger partial charge in [0.15, 0.2) is 11.5 Å². The van der Waals surface area contributed by atoms with Crippen LogP contribution in [-0.4, -0.2) is 57.1 Å². The van der Waals surface area contributed by atoms with Gasteiger partial charge in [-0.3, -0.25) is 4.90 Å². The van der Waals surface area contributed by atoms with Crippen LogP contribution in [-0.2, 0) is 24.3 Å². The highest BCUT2D eigenvalue weighted by Gasteiger charge is 2.19. The molecule has 1 atom stereocenters. The lowest BCUT2D eigenvalue weighted by Crippen LogP contribution is -2.38. The van der Waals surface area contributed by atoms with Crippen LogP contribution in [0.15, 0.2) is 36.4 Å². The Hall–Kier alpha value is -2.28. The third-order valence-corrected chi connectivity index (χ3v) is 4.98. The molecule has 1 N–H and O–H groups in total. The predicted molar refractivity (Wildman–Crippen MR) is 107 cm³/mol. The van der Waals surface area contributed by atoms with Gasteiger partial charge in [-0.25, -0.2) is 0 Å². The quantitative estimate of drug-likeness (QED) is 0.714. The van der Waals surface area contributed by atoms with Gasteiger partial charge in [0.05, 0.1) is 40.6 Å². The number of hydrogen-bond donors (Lipinski definition) is 1. The molecule has 0 aromatic heterocycles. The second-order valence-corrected chi connectivity index (χ2v) is 6.96. The molecule has 0 amide bonds. The minimum Gasteiger partial charge on any atom is -0.493 e. The predicted octanol–water partition coefficient (Wildman–Crippen LogP) is 2.65. The van der Waals surface area contributed by atoms with Gasteiger partial charge in [0.1, 0.15) is 0 Å². The average Bonchev–Trinajstić information content (AvgIpc) is 2.72. The van der Waals surface area contributed by atoms with Crippen molar-refractivity contribution >= 4 is 0 Å². The Morgan fingerprint density at radius 3 is 2.32 bits per heavy atom. The Labute approximate surface area is 166 Å². The molecule has 1 aliphatic heterocycles. The SMILES string of the molecule is COc1cc(COC[C@@H](O)CN2CCc3ccccc3C2)cc(OC)c1OC. The van der Waals surface area contributed by atoms with Gasteiger partial charge in [0.2, 0.25) is 5.75 Å². The first-order valence-electron chi connectivity index (χ1n) is 9.48. The number of ether oxygens (including phenoxy) is 4. The molecule has 152 valence electrons. The number of fused-ring (bicyclic) bond motifs is 1. The summed E-state index contributed by atoms with van der Waals surface area (Å²) >= 11 is 0. The van der Waals surface area contributed by atoms with Crippen LogP contribution in [0.1, 0.15) is 16.7 Å². The lowest BCUT2D eigenvalue weighted by Gasteiger charge is -2.30. The van der Waals surface area contributed by atoms with Crippen molar-refractivity contribution in [2.75, 3.05) is 41.0 Å². The zero-order valence-corrected chi connectivity index (χ0v) is 16.8. The fraction of sp³-hybridized carbons (Fsp3) is 0.455. The van der Waals surface area contributed by atoms with E-state index in [4.69, 9.17) is 18.9 Å². The summed E-state index contributed by atoms with van der Waals surface area (Å²) in [4.78, 5) is 2.27. The van der Waals surface area contributed by atoms with E-state index in [2.05, 4.69) is 29.2 Å². The van der Waals surface area contributed by atoms with Crippen LogP contribution >= 0.6 is 0 Å². The van der Waals surface area contributed by atoms with Crippen molar-refractivity contribution in [2.45, 2.75) is 25.7 Å². The second-order valence-electron chi connectivity index (χ2n) is 6.96. The van der Waals surface area contributed by atoms with E-state index in [1.54, 1.807) is 21.3 Å². The third-order valence-electron chi connectivity index (χ3n) is 4.98. The van der Waals surface area contributed by atoms with E-state index >= 15 is 0 Å². The summed E-state index contributed by atoms with van der Waals surface area (Å²) in [5.74, 6) is 1.74. The Balaban J connectivity index is 1.50. The van der Waals surface area contributed by atoms with Crippen LogP contribution < -0.4 is 14.2 Å². The van der Waals surface area contributed by atoms with E-state index in [0.717, 1.165) is 25.1 Å². The first-order chi connectivity index (χ1) is 13.6. The van der Waals surface area contributed by atoms with Crippen molar-refractivity contribution in [1.29, 1.82) is 0 Å². The molecule has 0 saturated carbocycles. The lowest BCUT2D eigenvalue weighted by atomic mass is 10.00. The van der Waals surface area contributed by atoms with E-state index in [0.29, 0.717) is 30.4 Å². The molecule has 6 heteroatoms. The molecule has 0 spiro atoms. The van der Waals surface area contributed by atoms with Crippen molar-refractivity contribution in [3.8, 4) is 17.2 Å². The number of β-amino-alcohol motifs (C(OH)–C–C–N with tert-alkyl or cyclic N) is 1. The van der Waals surface area contributed by atoms with Crippen LogP contribution in [0.4, 0.5) is 0 Å². The number of benzene rings is 2. The number of aliphatic hydroxyl groups is 1. The summed E-state index contributed by atoms with van der Waals surface area (Å²) in [5.41, 5.74) is 3.65. The largest absolute Gasteiger partial charge is 0.493 e. The fourth-order valence-corrected chi connectivity index (χ4v) is 3.59. The maximum atomic E-state index is 10.4.